The van der Waals surface area contributed by atoms with Crippen LogP contribution in [0.1, 0.15) is 20.3 Å². The van der Waals surface area contributed by atoms with Crippen molar-refractivity contribution in [1.29, 1.82) is 0 Å². The molecule has 2 bridgehead atoms. The summed E-state index contributed by atoms with van der Waals surface area (Å²) in [6, 6.07) is 0. The van der Waals surface area contributed by atoms with Crippen molar-refractivity contribution in [3.05, 3.63) is 12.2 Å². The van der Waals surface area contributed by atoms with Crippen molar-refractivity contribution in [2.75, 3.05) is 0 Å². The predicted octanol–water partition coefficient (Wildman–Crippen LogP) is 1.58. The number of rotatable bonds is 0. The van der Waals surface area contributed by atoms with Gasteiger partial charge in [0.1, 0.15) is 0 Å². The largest absolute Gasteiger partial charge is 0.392 e. The van der Waals surface area contributed by atoms with Crippen molar-refractivity contribution in [3.8, 4) is 0 Å². The summed E-state index contributed by atoms with van der Waals surface area (Å²) in [4.78, 5) is 0. The minimum absolute atomic E-state index is 0.0648. The van der Waals surface area contributed by atoms with E-state index in [2.05, 4.69) is 26.0 Å². The maximum atomic E-state index is 9.50. The van der Waals surface area contributed by atoms with Crippen LogP contribution < -0.4 is 0 Å². The second kappa shape index (κ2) is 1.65. The Bertz CT molecular complexity index is 181. The zero-order chi connectivity index (χ0) is 7.35. The lowest BCUT2D eigenvalue weighted by atomic mass is 9.81. The van der Waals surface area contributed by atoms with E-state index < -0.39 is 0 Å². The lowest BCUT2D eigenvalue weighted by Gasteiger charge is -2.24. The van der Waals surface area contributed by atoms with Gasteiger partial charge in [0, 0.05) is 5.92 Å². The van der Waals surface area contributed by atoms with Gasteiger partial charge >= 0.3 is 0 Å². The summed E-state index contributed by atoms with van der Waals surface area (Å²) < 4.78 is 0. The summed E-state index contributed by atoms with van der Waals surface area (Å²) >= 11 is 0. The molecule has 1 fully saturated rings. The molecule has 0 unspecified atom stereocenters. The molecule has 1 saturated carbocycles. The van der Waals surface area contributed by atoms with Crippen LogP contribution in [0.3, 0.4) is 0 Å². The summed E-state index contributed by atoms with van der Waals surface area (Å²) in [5.41, 5.74) is 0.333. The average molecular weight is 138 g/mol. The van der Waals surface area contributed by atoms with Gasteiger partial charge in [0.15, 0.2) is 0 Å². The molecule has 10 heavy (non-hydrogen) atoms. The molecule has 0 spiro atoms. The van der Waals surface area contributed by atoms with Crippen LogP contribution in [0.25, 0.3) is 0 Å². The van der Waals surface area contributed by atoms with E-state index in [0.717, 1.165) is 6.42 Å². The van der Waals surface area contributed by atoms with Crippen LogP contribution >= 0.6 is 0 Å². The van der Waals surface area contributed by atoms with Crippen LogP contribution in [0, 0.1) is 17.3 Å². The van der Waals surface area contributed by atoms with Crippen LogP contribution in [-0.4, -0.2) is 11.2 Å². The van der Waals surface area contributed by atoms with Gasteiger partial charge in [-0.1, -0.05) is 26.0 Å². The normalized spacial score (nSPS) is 48.5. The van der Waals surface area contributed by atoms with Crippen LogP contribution in [-0.2, 0) is 0 Å². The molecule has 0 aromatic carbocycles. The van der Waals surface area contributed by atoms with Crippen LogP contribution in [0.2, 0.25) is 0 Å². The van der Waals surface area contributed by atoms with Gasteiger partial charge in [0.25, 0.3) is 0 Å². The van der Waals surface area contributed by atoms with E-state index in [1.165, 1.54) is 0 Å². The Hall–Kier alpha value is -0.300. The summed E-state index contributed by atoms with van der Waals surface area (Å²) in [6.45, 7) is 4.50. The van der Waals surface area contributed by atoms with Gasteiger partial charge in [-0.15, -0.1) is 0 Å². The standard InChI is InChI=1S/C9H14O/c1-9(2)6-3-4-7(9)8(10)5-6/h3-4,6-8,10H,5H2,1-2H3/t6-,7+,8-/m1/s1. The molecule has 1 N–H and O–H groups in total. The second-order valence-electron chi connectivity index (χ2n) is 4.14. The Morgan fingerprint density at radius 2 is 2.10 bits per heavy atom. The van der Waals surface area contributed by atoms with E-state index in [-0.39, 0.29) is 6.10 Å². The number of aliphatic hydroxyl groups is 1. The molecule has 1 nitrogen and oxygen atoms in total. The second-order valence-corrected chi connectivity index (χ2v) is 4.14. The van der Waals surface area contributed by atoms with E-state index in [4.69, 9.17) is 0 Å². The van der Waals surface area contributed by atoms with E-state index in [1.54, 1.807) is 0 Å². The summed E-state index contributed by atoms with van der Waals surface area (Å²) in [5.74, 6) is 1.06. The van der Waals surface area contributed by atoms with Gasteiger partial charge < -0.3 is 5.11 Å². The molecule has 2 aliphatic rings. The fraction of sp³-hybridized carbons (Fsp3) is 0.778. The molecule has 0 aromatic rings. The first-order valence-electron chi connectivity index (χ1n) is 3.99. The third kappa shape index (κ3) is 0.567. The lowest BCUT2D eigenvalue weighted by Crippen LogP contribution is -2.22. The lowest BCUT2D eigenvalue weighted by molar-refractivity contribution is 0.124. The first-order chi connectivity index (χ1) is 4.62. The number of hydrogen-bond acceptors (Lipinski definition) is 1. The van der Waals surface area contributed by atoms with E-state index >= 15 is 0 Å². The number of allylic oxidation sites excluding steroid dienone is 1. The number of hydrogen-bond donors (Lipinski definition) is 1. The Morgan fingerprint density at radius 1 is 1.40 bits per heavy atom. The first kappa shape index (κ1) is 6.41. The first-order valence-corrected chi connectivity index (χ1v) is 3.99. The molecule has 1 heteroatoms. The number of fused-ring (bicyclic) bond motifs is 2. The highest BCUT2D eigenvalue weighted by Gasteiger charge is 2.49. The average Bonchev–Trinajstić information content (AvgIpc) is 2.20. The molecule has 3 atom stereocenters. The van der Waals surface area contributed by atoms with Gasteiger partial charge in [-0.3, -0.25) is 0 Å². The van der Waals surface area contributed by atoms with E-state index in [0.29, 0.717) is 17.3 Å². The maximum absolute atomic E-state index is 9.50. The Labute approximate surface area is 61.8 Å². The molecule has 2 rings (SSSR count). The van der Waals surface area contributed by atoms with E-state index in [1.807, 2.05) is 0 Å². The molecule has 0 radical (unpaired) electrons. The van der Waals surface area contributed by atoms with Crippen molar-refractivity contribution in [1.82, 2.24) is 0 Å². The minimum atomic E-state index is -0.0648. The van der Waals surface area contributed by atoms with Crippen molar-refractivity contribution in [2.24, 2.45) is 17.3 Å². The highest BCUT2D eigenvalue weighted by Crippen LogP contribution is 2.53. The van der Waals surface area contributed by atoms with Crippen molar-refractivity contribution < 1.29 is 5.11 Å². The molecular formula is C9H14O. The van der Waals surface area contributed by atoms with Crippen molar-refractivity contribution in [2.45, 2.75) is 26.4 Å². The fourth-order valence-corrected chi connectivity index (χ4v) is 2.41. The topological polar surface area (TPSA) is 20.2 Å². The molecule has 0 aromatic heterocycles. The molecular weight excluding hydrogens is 124 g/mol. The Balaban J connectivity index is 2.34. The quantitative estimate of drug-likeness (QED) is 0.504. The predicted molar refractivity (Wildman–Crippen MR) is 40.5 cm³/mol. The highest BCUT2D eigenvalue weighted by molar-refractivity contribution is 5.18. The molecule has 0 amide bonds. The van der Waals surface area contributed by atoms with Gasteiger partial charge in [0.05, 0.1) is 6.10 Å². The maximum Gasteiger partial charge on any atom is 0.0613 e. The van der Waals surface area contributed by atoms with E-state index in [9.17, 15) is 5.11 Å². The molecule has 0 heterocycles. The SMILES string of the molecule is CC1(C)[C@@H]2C=C[C@H]1[C@H](O)C2. The minimum Gasteiger partial charge on any atom is -0.392 e. The van der Waals surface area contributed by atoms with Crippen LogP contribution in [0.5, 0.6) is 0 Å². The fourth-order valence-electron chi connectivity index (χ4n) is 2.41. The zero-order valence-corrected chi connectivity index (χ0v) is 6.54. The molecule has 0 aliphatic heterocycles. The summed E-state index contributed by atoms with van der Waals surface area (Å²) in [6.07, 6.45) is 5.36. The number of aliphatic hydroxyl groups excluding tert-OH is 1. The highest BCUT2D eigenvalue weighted by atomic mass is 16.3. The molecule has 2 aliphatic carbocycles. The van der Waals surface area contributed by atoms with Gasteiger partial charge in [0.2, 0.25) is 0 Å². The summed E-state index contributed by atoms with van der Waals surface area (Å²) in [7, 11) is 0. The Kier molecular flexibility index (Phi) is 1.06. The van der Waals surface area contributed by atoms with Crippen molar-refractivity contribution >= 4 is 0 Å². The van der Waals surface area contributed by atoms with Crippen molar-refractivity contribution in [3.63, 3.8) is 0 Å². The summed E-state index contributed by atoms with van der Waals surface area (Å²) in [5, 5.41) is 9.50. The smallest absolute Gasteiger partial charge is 0.0613 e. The van der Waals surface area contributed by atoms with Gasteiger partial charge in [-0.2, -0.15) is 0 Å². The van der Waals surface area contributed by atoms with Gasteiger partial charge in [-0.05, 0) is 17.8 Å². The third-order valence-corrected chi connectivity index (χ3v) is 3.28. The van der Waals surface area contributed by atoms with Gasteiger partial charge in [-0.25, -0.2) is 0 Å². The third-order valence-electron chi connectivity index (χ3n) is 3.28. The molecule has 0 saturated heterocycles. The Morgan fingerprint density at radius 3 is 2.30 bits per heavy atom. The molecule has 56 valence electrons. The zero-order valence-electron chi connectivity index (χ0n) is 6.54. The van der Waals surface area contributed by atoms with Crippen LogP contribution in [0.4, 0.5) is 0 Å². The monoisotopic (exact) mass is 138 g/mol. The van der Waals surface area contributed by atoms with Crippen LogP contribution in [0.15, 0.2) is 12.2 Å².